The van der Waals surface area contributed by atoms with Crippen LogP contribution in [-0.4, -0.2) is 22.3 Å². The average molecular weight is 305 g/mol. The lowest BCUT2D eigenvalue weighted by molar-refractivity contribution is -0.0183. The van der Waals surface area contributed by atoms with Gasteiger partial charge in [0.2, 0.25) is 7.23 Å². The van der Waals surface area contributed by atoms with Crippen LogP contribution in [0.2, 0.25) is 0 Å². The third-order valence-corrected chi connectivity index (χ3v) is 3.76. The Labute approximate surface area is 116 Å². The van der Waals surface area contributed by atoms with Gasteiger partial charge in [-0.2, -0.15) is 4.98 Å². The first-order valence-electron chi connectivity index (χ1n) is 5.84. The van der Waals surface area contributed by atoms with Crippen molar-refractivity contribution in [2.45, 2.75) is 32.1 Å². The molecule has 0 aromatic carbocycles. The highest BCUT2D eigenvalue weighted by Crippen LogP contribution is 2.32. The zero-order valence-electron chi connectivity index (χ0n) is 10.4. The van der Waals surface area contributed by atoms with E-state index in [0.29, 0.717) is 6.42 Å². The fourth-order valence-electron chi connectivity index (χ4n) is 1.96. The maximum Gasteiger partial charge on any atom is 0.351 e. The first-order chi connectivity index (χ1) is 8.97. The molecule has 2 N–H and O–H groups in total. The number of ether oxygens (including phenoxy) is 1. The van der Waals surface area contributed by atoms with E-state index in [9.17, 15) is 9.36 Å². The number of nitrogens with two attached hydrogens (primary N) is 1. The molecule has 1 fully saturated rings. The molecular formula is C10H16N3O4PS. The molecule has 7 nitrogen and oxygen atoms in total. The second-order valence-corrected chi connectivity index (χ2v) is 6.28. The van der Waals surface area contributed by atoms with Crippen molar-refractivity contribution < 1.29 is 13.8 Å². The molecule has 1 saturated heterocycles. The van der Waals surface area contributed by atoms with Crippen molar-refractivity contribution in [2.24, 2.45) is 0 Å². The van der Waals surface area contributed by atoms with Gasteiger partial charge in [-0.15, -0.1) is 0 Å². The molecule has 0 spiro atoms. The predicted octanol–water partition coefficient (Wildman–Crippen LogP) is 1.15. The van der Waals surface area contributed by atoms with E-state index < -0.39 is 12.9 Å². The summed E-state index contributed by atoms with van der Waals surface area (Å²) >= 11 is 3.69. The first kappa shape index (κ1) is 14.6. The van der Waals surface area contributed by atoms with Gasteiger partial charge in [-0.3, -0.25) is 9.13 Å². The smallest absolute Gasteiger partial charge is 0.351 e. The highest BCUT2D eigenvalue weighted by molar-refractivity contribution is 8.39. The molecule has 1 aliphatic heterocycles. The van der Waals surface area contributed by atoms with E-state index in [1.165, 1.54) is 4.57 Å². The fourth-order valence-corrected chi connectivity index (χ4v) is 2.52. The summed E-state index contributed by atoms with van der Waals surface area (Å²) in [6.45, 7) is 1.99. The minimum Gasteiger partial charge on any atom is -0.383 e. The van der Waals surface area contributed by atoms with Crippen molar-refractivity contribution in [3.63, 3.8) is 0 Å². The Kier molecular flexibility index (Phi) is 4.67. The SMILES string of the molecule is Cc1cn([C@H]2CC[C@@H](CO[PH](=O)S)O2)c(=O)nc1N. The van der Waals surface area contributed by atoms with Gasteiger partial charge in [-0.05, 0) is 19.8 Å². The van der Waals surface area contributed by atoms with Crippen LogP contribution >= 0.6 is 19.5 Å². The van der Waals surface area contributed by atoms with Gasteiger partial charge in [0.15, 0.2) is 0 Å². The van der Waals surface area contributed by atoms with Crippen LogP contribution in [0.5, 0.6) is 0 Å². The lowest BCUT2D eigenvalue weighted by Gasteiger charge is -2.16. The van der Waals surface area contributed by atoms with E-state index in [0.717, 1.165) is 12.0 Å². The molecule has 2 heterocycles. The Bertz CT molecular complexity index is 550. The molecule has 0 aliphatic carbocycles. The first-order valence-corrected chi connectivity index (χ1v) is 8.44. The molecule has 106 valence electrons. The maximum atomic E-state index is 11.8. The molecule has 0 bridgehead atoms. The van der Waals surface area contributed by atoms with Crippen LogP contribution in [0.15, 0.2) is 11.0 Å². The number of anilines is 1. The molecular weight excluding hydrogens is 289 g/mol. The van der Waals surface area contributed by atoms with Crippen molar-refractivity contribution in [1.29, 1.82) is 0 Å². The standard InChI is InChI=1S/C10H16N3O4PS/c1-6-4-13(10(14)12-9(6)11)8-3-2-7(17-8)5-16-18(15)19/h4,7-8,18H,2-3,5H2,1H3,(H,15,19)(H2,11,12,14)/t7-,8+/m0/s1. The van der Waals surface area contributed by atoms with E-state index in [1.807, 2.05) is 0 Å². The zero-order valence-corrected chi connectivity index (χ0v) is 12.3. The Balaban J connectivity index is 2.07. The summed E-state index contributed by atoms with van der Waals surface area (Å²) in [6, 6.07) is 0. The van der Waals surface area contributed by atoms with Crippen molar-refractivity contribution in [3.8, 4) is 0 Å². The van der Waals surface area contributed by atoms with Crippen molar-refractivity contribution in [3.05, 3.63) is 22.2 Å². The summed E-state index contributed by atoms with van der Waals surface area (Å²) in [5.41, 5.74) is 5.86. The van der Waals surface area contributed by atoms with Gasteiger partial charge < -0.3 is 15.0 Å². The average Bonchev–Trinajstić information content (AvgIpc) is 2.80. The van der Waals surface area contributed by atoms with E-state index in [4.69, 9.17) is 15.0 Å². The fraction of sp³-hybridized carbons (Fsp3) is 0.600. The molecule has 2 rings (SSSR count). The maximum absolute atomic E-state index is 11.8. The number of aryl methyl sites for hydroxylation is 1. The van der Waals surface area contributed by atoms with Crippen LogP contribution in [-0.2, 0) is 13.8 Å². The van der Waals surface area contributed by atoms with E-state index in [1.54, 1.807) is 13.1 Å². The topological polar surface area (TPSA) is 96.4 Å². The number of hydrogen-bond donors (Lipinski definition) is 2. The molecule has 0 amide bonds. The molecule has 1 aliphatic rings. The number of rotatable bonds is 4. The van der Waals surface area contributed by atoms with Crippen LogP contribution in [0.1, 0.15) is 24.6 Å². The van der Waals surface area contributed by atoms with E-state index >= 15 is 0 Å². The van der Waals surface area contributed by atoms with Crippen molar-refractivity contribution in [2.75, 3.05) is 12.3 Å². The largest absolute Gasteiger partial charge is 0.383 e. The molecule has 0 saturated carbocycles. The van der Waals surface area contributed by atoms with Gasteiger partial charge >= 0.3 is 5.69 Å². The van der Waals surface area contributed by atoms with Crippen LogP contribution < -0.4 is 11.4 Å². The number of thiol groups is 1. The number of aromatic nitrogens is 2. The highest BCUT2D eigenvalue weighted by Gasteiger charge is 2.28. The normalized spacial score (nSPS) is 24.5. The second kappa shape index (κ2) is 6.09. The van der Waals surface area contributed by atoms with Crippen molar-refractivity contribution in [1.82, 2.24) is 9.55 Å². The predicted molar refractivity (Wildman–Crippen MR) is 74.7 cm³/mol. The summed E-state index contributed by atoms with van der Waals surface area (Å²) in [5.74, 6) is 0.229. The Morgan fingerprint density at radius 3 is 3.11 bits per heavy atom. The summed E-state index contributed by atoms with van der Waals surface area (Å²) in [4.78, 5) is 15.5. The summed E-state index contributed by atoms with van der Waals surface area (Å²) in [7, 11) is -2.26. The van der Waals surface area contributed by atoms with E-state index in [2.05, 4.69) is 17.2 Å². The van der Waals surface area contributed by atoms with Crippen LogP contribution in [0.25, 0.3) is 0 Å². The van der Waals surface area contributed by atoms with Gasteiger partial charge in [0.25, 0.3) is 0 Å². The summed E-state index contributed by atoms with van der Waals surface area (Å²) < 4.78 is 22.8. The summed E-state index contributed by atoms with van der Waals surface area (Å²) in [6.07, 6.45) is 2.47. The van der Waals surface area contributed by atoms with Gasteiger partial charge in [0.1, 0.15) is 12.0 Å². The van der Waals surface area contributed by atoms with Gasteiger partial charge in [-0.25, -0.2) is 4.79 Å². The molecule has 1 aromatic heterocycles. The number of nitrogen functional groups attached to an aromatic ring is 1. The monoisotopic (exact) mass is 305 g/mol. The van der Waals surface area contributed by atoms with Gasteiger partial charge in [0.05, 0.1) is 12.7 Å². The van der Waals surface area contributed by atoms with Crippen LogP contribution in [0, 0.1) is 6.92 Å². The Morgan fingerprint density at radius 2 is 2.42 bits per heavy atom. The van der Waals surface area contributed by atoms with Gasteiger partial charge in [-0.1, -0.05) is 12.2 Å². The number of nitrogens with zero attached hydrogens (tertiary/aromatic N) is 2. The third-order valence-electron chi connectivity index (χ3n) is 2.96. The molecule has 0 radical (unpaired) electrons. The van der Waals surface area contributed by atoms with Crippen molar-refractivity contribution >= 4 is 25.3 Å². The summed E-state index contributed by atoms with van der Waals surface area (Å²) in [5, 5.41) is 0. The molecule has 9 heteroatoms. The molecule has 1 aromatic rings. The second-order valence-electron chi connectivity index (χ2n) is 4.37. The molecule has 1 unspecified atom stereocenters. The lowest BCUT2D eigenvalue weighted by Crippen LogP contribution is -2.28. The van der Waals surface area contributed by atoms with Gasteiger partial charge in [0, 0.05) is 11.8 Å². The quantitative estimate of drug-likeness (QED) is 0.640. The lowest BCUT2D eigenvalue weighted by atomic mass is 10.2. The number of hydrogen-bond acceptors (Lipinski definition) is 6. The highest BCUT2D eigenvalue weighted by atomic mass is 32.7. The van der Waals surface area contributed by atoms with Crippen LogP contribution in [0.3, 0.4) is 0 Å². The van der Waals surface area contributed by atoms with Crippen LogP contribution in [0.4, 0.5) is 5.82 Å². The minimum atomic E-state index is -2.26. The zero-order chi connectivity index (χ0) is 14.0. The molecule has 3 atom stereocenters. The Morgan fingerprint density at radius 1 is 1.68 bits per heavy atom. The minimum absolute atomic E-state index is 0.184. The Hall–Kier alpha value is -0.820. The van der Waals surface area contributed by atoms with E-state index in [-0.39, 0.29) is 24.8 Å². The molecule has 19 heavy (non-hydrogen) atoms. The third kappa shape index (κ3) is 3.60.